The van der Waals surface area contributed by atoms with Gasteiger partial charge in [0.15, 0.2) is 5.78 Å². The number of pyridine rings is 1. The van der Waals surface area contributed by atoms with Crippen LogP contribution in [0, 0.1) is 6.92 Å². The molecule has 0 aliphatic rings. The third kappa shape index (κ3) is 4.16. The van der Waals surface area contributed by atoms with E-state index in [0.29, 0.717) is 11.3 Å². The van der Waals surface area contributed by atoms with Crippen molar-refractivity contribution in [1.29, 1.82) is 0 Å². The lowest BCUT2D eigenvalue weighted by atomic mass is 10.1. The fraction of sp³-hybridized carbons (Fsp3) is 0.462. The number of carbonyl (C=O) groups excluding carboxylic acids is 2. The Hall–Kier alpha value is -1.91. The molecule has 98 valence electrons. The Morgan fingerprint density at radius 1 is 1.33 bits per heavy atom. The van der Waals surface area contributed by atoms with Crippen molar-refractivity contribution in [1.82, 2.24) is 4.98 Å². The van der Waals surface area contributed by atoms with Crippen molar-refractivity contribution in [3.63, 3.8) is 0 Å². The van der Waals surface area contributed by atoms with Gasteiger partial charge in [0, 0.05) is 11.3 Å². The molecular formula is C13H18N2O3. The number of amides is 1. The molecule has 0 saturated heterocycles. The molecule has 0 aliphatic carbocycles. The Morgan fingerprint density at radius 2 is 1.94 bits per heavy atom. The molecule has 0 spiro atoms. The Labute approximate surface area is 107 Å². The number of hydrogen-bond acceptors (Lipinski definition) is 4. The van der Waals surface area contributed by atoms with E-state index in [4.69, 9.17) is 4.74 Å². The molecule has 1 aromatic rings. The number of nitrogens with one attached hydrogen (secondary N) is 1. The number of hydrogen-bond donors (Lipinski definition) is 1. The maximum absolute atomic E-state index is 11.6. The summed E-state index contributed by atoms with van der Waals surface area (Å²) in [6.07, 6.45) is 0.853. The maximum Gasteiger partial charge on any atom is 0.412 e. The fourth-order valence-electron chi connectivity index (χ4n) is 1.36. The van der Waals surface area contributed by atoms with Crippen LogP contribution in [0.2, 0.25) is 0 Å². The third-order valence-electron chi connectivity index (χ3n) is 2.06. The Morgan fingerprint density at radius 3 is 2.44 bits per heavy atom. The van der Waals surface area contributed by atoms with Gasteiger partial charge in [0.1, 0.15) is 5.60 Å². The summed E-state index contributed by atoms with van der Waals surface area (Å²) in [6, 6.07) is 1.63. The molecule has 0 aliphatic heterocycles. The third-order valence-corrected chi connectivity index (χ3v) is 2.06. The standard InChI is InChI=1S/C13H18N2O3/c1-8-6-10(9(2)16)11(7-14-8)15-12(17)18-13(3,4)5/h6-7H,1-5H3,(H,15,17). The second-order valence-corrected chi connectivity index (χ2v) is 5.05. The summed E-state index contributed by atoms with van der Waals surface area (Å²) < 4.78 is 5.12. The normalized spacial score (nSPS) is 10.9. The van der Waals surface area contributed by atoms with Crippen LogP contribution in [0.5, 0.6) is 0 Å². The first-order chi connectivity index (χ1) is 8.19. The van der Waals surface area contributed by atoms with Gasteiger partial charge in [-0.2, -0.15) is 0 Å². The quantitative estimate of drug-likeness (QED) is 0.819. The summed E-state index contributed by atoms with van der Waals surface area (Å²) >= 11 is 0. The fourth-order valence-corrected chi connectivity index (χ4v) is 1.36. The highest BCUT2D eigenvalue weighted by Gasteiger charge is 2.18. The lowest BCUT2D eigenvalue weighted by Crippen LogP contribution is -2.27. The molecule has 0 aromatic carbocycles. The van der Waals surface area contributed by atoms with Gasteiger partial charge in [-0.3, -0.25) is 15.1 Å². The molecule has 5 nitrogen and oxygen atoms in total. The minimum Gasteiger partial charge on any atom is -0.444 e. The van der Waals surface area contributed by atoms with Gasteiger partial charge in [0.25, 0.3) is 0 Å². The number of ketones is 1. The molecule has 1 aromatic heterocycles. The molecule has 0 saturated carbocycles. The van der Waals surface area contributed by atoms with Gasteiger partial charge < -0.3 is 4.74 Å². The first-order valence-corrected chi connectivity index (χ1v) is 5.66. The summed E-state index contributed by atoms with van der Waals surface area (Å²) in [6.45, 7) is 8.53. The van der Waals surface area contributed by atoms with Crippen LogP contribution in [-0.2, 0) is 4.74 Å². The highest BCUT2D eigenvalue weighted by molar-refractivity contribution is 6.02. The largest absolute Gasteiger partial charge is 0.444 e. The summed E-state index contributed by atoms with van der Waals surface area (Å²) in [4.78, 5) is 27.1. The zero-order chi connectivity index (χ0) is 13.9. The van der Waals surface area contributed by atoms with E-state index < -0.39 is 11.7 Å². The van der Waals surface area contributed by atoms with Gasteiger partial charge in [-0.25, -0.2) is 4.79 Å². The molecule has 1 N–H and O–H groups in total. The number of aromatic nitrogens is 1. The van der Waals surface area contributed by atoms with Crippen LogP contribution < -0.4 is 5.32 Å². The predicted molar refractivity (Wildman–Crippen MR) is 68.8 cm³/mol. The van der Waals surface area contributed by atoms with E-state index in [-0.39, 0.29) is 5.78 Å². The molecule has 0 bridgehead atoms. The van der Waals surface area contributed by atoms with Crippen LogP contribution in [0.4, 0.5) is 10.5 Å². The average Bonchev–Trinajstić information content (AvgIpc) is 2.17. The molecule has 5 heteroatoms. The summed E-state index contributed by atoms with van der Waals surface area (Å²) in [5.74, 6) is -0.133. The monoisotopic (exact) mass is 250 g/mol. The second-order valence-electron chi connectivity index (χ2n) is 5.05. The van der Waals surface area contributed by atoms with Gasteiger partial charge in [-0.1, -0.05) is 0 Å². The van der Waals surface area contributed by atoms with E-state index in [1.807, 2.05) is 0 Å². The first kappa shape index (κ1) is 14.2. The van der Waals surface area contributed by atoms with Crippen molar-refractivity contribution in [2.24, 2.45) is 0 Å². The average molecular weight is 250 g/mol. The van der Waals surface area contributed by atoms with Crippen molar-refractivity contribution >= 4 is 17.6 Å². The van der Waals surface area contributed by atoms with Gasteiger partial charge in [0.2, 0.25) is 0 Å². The van der Waals surface area contributed by atoms with Crippen LogP contribution >= 0.6 is 0 Å². The topological polar surface area (TPSA) is 68.3 Å². The minimum atomic E-state index is -0.601. The highest BCUT2D eigenvalue weighted by Crippen LogP contribution is 2.17. The molecule has 0 unspecified atom stereocenters. The van der Waals surface area contributed by atoms with E-state index >= 15 is 0 Å². The van der Waals surface area contributed by atoms with E-state index in [1.54, 1.807) is 33.8 Å². The van der Waals surface area contributed by atoms with Crippen LogP contribution in [0.1, 0.15) is 43.7 Å². The Kier molecular flexibility index (Phi) is 4.06. The number of ether oxygens (including phenoxy) is 1. The molecule has 0 fully saturated rings. The molecule has 0 atom stereocenters. The van der Waals surface area contributed by atoms with Gasteiger partial charge in [-0.15, -0.1) is 0 Å². The summed E-state index contributed by atoms with van der Waals surface area (Å²) in [5, 5.41) is 2.53. The number of nitrogens with zero attached hydrogens (tertiary/aromatic N) is 1. The SMILES string of the molecule is CC(=O)c1cc(C)ncc1NC(=O)OC(C)(C)C. The Bertz CT molecular complexity index is 476. The predicted octanol–water partition coefficient (Wildman–Crippen LogP) is 2.94. The summed E-state index contributed by atoms with van der Waals surface area (Å²) in [7, 11) is 0. The number of carbonyl (C=O) groups is 2. The smallest absolute Gasteiger partial charge is 0.412 e. The summed E-state index contributed by atoms with van der Waals surface area (Å²) in [5.41, 5.74) is 0.921. The van der Waals surface area contributed by atoms with E-state index in [0.717, 1.165) is 5.69 Å². The first-order valence-electron chi connectivity index (χ1n) is 5.66. The molecule has 1 rings (SSSR count). The molecule has 0 radical (unpaired) electrons. The highest BCUT2D eigenvalue weighted by atomic mass is 16.6. The van der Waals surface area contributed by atoms with E-state index in [2.05, 4.69) is 10.3 Å². The van der Waals surface area contributed by atoms with Crippen molar-refractivity contribution in [2.45, 2.75) is 40.2 Å². The zero-order valence-electron chi connectivity index (χ0n) is 11.3. The second kappa shape index (κ2) is 5.16. The van der Waals surface area contributed by atoms with Crippen molar-refractivity contribution in [3.05, 3.63) is 23.5 Å². The number of anilines is 1. The van der Waals surface area contributed by atoms with Crippen molar-refractivity contribution in [3.8, 4) is 0 Å². The molecular weight excluding hydrogens is 232 g/mol. The lowest BCUT2D eigenvalue weighted by Gasteiger charge is -2.20. The number of aryl methyl sites for hydroxylation is 1. The van der Waals surface area contributed by atoms with Crippen molar-refractivity contribution in [2.75, 3.05) is 5.32 Å². The molecule has 1 amide bonds. The minimum absolute atomic E-state index is 0.133. The lowest BCUT2D eigenvalue weighted by molar-refractivity contribution is 0.0636. The number of Topliss-reactive ketones (excluding diaryl/α,β-unsaturated/α-hetero) is 1. The Balaban J connectivity index is 2.91. The van der Waals surface area contributed by atoms with Crippen LogP contribution in [-0.4, -0.2) is 22.5 Å². The maximum atomic E-state index is 11.6. The van der Waals surface area contributed by atoms with Gasteiger partial charge in [0.05, 0.1) is 11.9 Å². The van der Waals surface area contributed by atoms with Crippen molar-refractivity contribution < 1.29 is 14.3 Å². The van der Waals surface area contributed by atoms with Crippen LogP contribution in [0.3, 0.4) is 0 Å². The van der Waals surface area contributed by atoms with Crippen LogP contribution in [0.15, 0.2) is 12.3 Å². The van der Waals surface area contributed by atoms with Gasteiger partial charge in [-0.05, 0) is 40.7 Å². The van der Waals surface area contributed by atoms with Gasteiger partial charge >= 0.3 is 6.09 Å². The van der Waals surface area contributed by atoms with E-state index in [1.165, 1.54) is 13.1 Å². The zero-order valence-corrected chi connectivity index (χ0v) is 11.3. The molecule has 1 heterocycles. The molecule has 18 heavy (non-hydrogen) atoms. The van der Waals surface area contributed by atoms with Crippen LogP contribution in [0.25, 0.3) is 0 Å². The number of rotatable bonds is 2. The van der Waals surface area contributed by atoms with E-state index in [9.17, 15) is 9.59 Å².